The van der Waals surface area contributed by atoms with E-state index < -0.39 is 29.7 Å². The van der Waals surface area contributed by atoms with Gasteiger partial charge in [0.25, 0.3) is 0 Å². The summed E-state index contributed by atoms with van der Waals surface area (Å²) in [6.45, 7) is 4.73. The molecule has 2 N–H and O–H groups in total. The van der Waals surface area contributed by atoms with Gasteiger partial charge in [-0.15, -0.1) is 0 Å². The molecule has 6 nitrogen and oxygen atoms in total. The summed E-state index contributed by atoms with van der Waals surface area (Å²) in [6.07, 6.45) is -0.855. The summed E-state index contributed by atoms with van der Waals surface area (Å²) < 4.78 is 9.21. The van der Waals surface area contributed by atoms with Crippen LogP contribution in [0.1, 0.15) is 40.0 Å². The van der Waals surface area contributed by atoms with Crippen LogP contribution in [0.5, 0.6) is 0 Å². The summed E-state index contributed by atoms with van der Waals surface area (Å²) >= 11 is 0. The Bertz CT molecular complexity index is 307. The van der Waals surface area contributed by atoms with Gasteiger partial charge in [0.15, 0.2) is 0 Å². The fourth-order valence-electron chi connectivity index (χ4n) is 0.865. The summed E-state index contributed by atoms with van der Waals surface area (Å²) in [5, 5.41) is 19.0. The zero-order valence-electron chi connectivity index (χ0n) is 10.2. The lowest BCUT2D eigenvalue weighted by Crippen LogP contribution is -2.19. The van der Waals surface area contributed by atoms with Gasteiger partial charge in [-0.25, -0.2) is 0 Å². The molecule has 0 aliphatic rings. The number of hydrogen-bond donors (Lipinski definition) is 2. The second-order valence-electron chi connectivity index (χ2n) is 3.25. The molecule has 0 bridgehead atoms. The molecule has 0 spiro atoms. The van der Waals surface area contributed by atoms with Crippen molar-refractivity contribution in [2.24, 2.45) is 0 Å². The molecule has 0 amide bonds. The van der Waals surface area contributed by atoms with E-state index in [-0.39, 0.29) is 19.3 Å². The van der Waals surface area contributed by atoms with Gasteiger partial charge in [-0.2, -0.15) is 0 Å². The van der Waals surface area contributed by atoms with Gasteiger partial charge in [0, 0.05) is 12.8 Å². The summed E-state index contributed by atoms with van der Waals surface area (Å²) in [6, 6.07) is 0. The van der Waals surface area contributed by atoms with Crippen LogP contribution in [0.4, 0.5) is 0 Å². The van der Waals surface area contributed by atoms with Gasteiger partial charge in [-0.05, 0) is 6.42 Å². The van der Waals surface area contributed by atoms with Crippen LogP contribution in [-0.4, -0.2) is 28.3 Å². The zero-order valence-corrected chi connectivity index (χ0v) is 10.2. The van der Waals surface area contributed by atoms with Crippen molar-refractivity contribution in [1.29, 1.82) is 0 Å². The summed E-state index contributed by atoms with van der Waals surface area (Å²) in [4.78, 5) is 22.0. The van der Waals surface area contributed by atoms with Crippen molar-refractivity contribution in [3.05, 3.63) is 11.7 Å². The minimum atomic E-state index is -1.20. The normalized spacial score (nSPS) is 13.6. The maximum atomic E-state index is 11.1. The lowest BCUT2D eigenvalue weighted by atomic mass is 10.2. The Kier molecular flexibility index (Phi) is 6.97. The minimum Gasteiger partial charge on any atom is -0.478 e. The van der Waals surface area contributed by atoms with Gasteiger partial charge in [0.05, 0.1) is 0 Å². The van der Waals surface area contributed by atoms with E-state index in [0.717, 1.165) is 0 Å². The van der Waals surface area contributed by atoms with Crippen LogP contribution in [0.2, 0.25) is 0 Å². The van der Waals surface area contributed by atoms with Crippen LogP contribution < -0.4 is 0 Å². The first-order chi connectivity index (χ1) is 7.96. The van der Waals surface area contributed by atoms with Gasteiger partial charge >= 0.3 is 17.9 Å². The van der Waals surface area contributed by atoms with Crippen molar-refractivity contribution >= 4 is 11.9 Å². The average molecular weight is 246 g/mol. The standard InChI is InChI=1S/C11H18O6/c1-4-7(12)10(16-8(13)5-2)11(15)17-9(14)6-3/h7,12,15H,4-6H2,1-3H3/b11-10+. The van der Waals surface area contributed by atoms with Gasteiger partial charge < -0.3 is 19.7 Å². The molecule has 1 unspecified atom stereocenters. The average Bonchev–Trinajstić information content (AvgIpc) is 2.33. The molecule has 0 aliphatic heterocycles. The van der Waals surface area contributed by atoms with Crippen molar-refractivity contribution in [3.63, 3.8) is 0 Å². The highest BCUT2D eigenvalue weighted by atomic mass is 16.6. The lowest BCUT2D eigenvalue weighted by Gasteiger charge is -2.14. The fraction of sp³-hybridized carbons (Fsp3) is 0.636. The van der Waals surface area contributed by atoms with Crippen molar-refractivity contribution < 1.29 is 29.3 Å². The third-order valence-electron chi connectivity index (χ3n) is 1.91. The fourth-order valence-corrected chi connectivity index (χ4v) is 0.865. The number of aliphatic hydroxyl groups is 2. The van der Waals surface area contributed by atoms with Crippen molar-refractivity contribution in [2.75, 3.05) is 0 Å². The number of carbonyl (C=O) groups is 2. The van der Waals surface area contributed by atoms with Crippen molar-refractivity contribution in [1.82, 2.24) is 0 Å². The molecule has 0 rings (SSSR count). The lowest BCUT2D eigenvalue weighted by molar-refractivity contribution is -0.148. The second-order valence-corrected chi connectivity index (χ2v) is 3.25. The summed E-state index contributed by atoms with van der Waals surface area (Å²) in [7, 11) is 0. The second kappa shape index (κ2) is 7.67. The topological polar surface area (TPSA) is 93.1 Å². The van der Waals surface area contributed by atoms with Crippen molar-refractivity contribution in [2.45, 2.75) is 46.1 Å². The highest BCUT2D eigenvalue weighted by molar-refractivity contribution is 5.71. The maximum absolute atomic E-state index is 11.1. The molecule has 0 saturated carbocycles. The molecular weight excluding hydrogens is 228 g/mol. The van der Waals surface area contributed by atoms with Crippen LogP contribution >= 0.6 is 0 Å². The molecule has 1 atom stereocenters. The summed E-state index contributed by atoms with van der Waals surface area (Å²) in [5.74, 6) is -2.61. The predicted molar refractivity (Wildman–Crippen MR) is 58.7 cm³/mol. The number of carbonyl (C=O) groups excluding carboxylic acids is 2. The highest BCUT2D eigenvalue weighted by Crippen LogP contribution is 2.15. The molecule has 6 heteroatoms. The number of rotatable bonds is 6. The Morgan fingerprint density at radius 3 is 1.94 bits per heavy atom. The number of ether oxygens (including phenoxy) is 2. The van der Waals surface area contributed by atoms with Crippen LogP contribution in [-0.2, 0) is 19.1 Å². The molecule has 0 aromatic heterocycles. The zero-order chi connectivity index (χ0) is 13.4. The smallest absolute Gasteiger partial charge is 0.327 e. The third kappa shape index (κ3) is 5.35. The quantitative estimate of drug-likeness (QED) is 0.543. The third-order valence-corrected chi connectivity index (χ3v) is 1.91. The first-order valence-corrected chi connectivity index (χ1v) is 5.48. The van der Waals surface area contributed by atoms with E-state index in [2.05, 4.69) is 4.74 Å². The molecule has 0 aromatic rings. The Hall–Kier alpha value is -1.56. The Labute approximate surface area is 99.8 Å². The van der Waals surface area contributed by atoms with Gasteiger partial charge in [0.2, 0.25) is 5.76 Å². The van der Waals surface area contributed by atoms with E-state index in [1.54, 1.807) is 20.8 Å². The molecule has 0 radical (unpaired) electrons. The van der Waals surface area contributed by atoms with Crippen LogP contribution in [0.25, 0.3) is 0 Å². The molecule has 17 heavy (non-hydrogen) atoms. The largest absolute Gasteiger partial charge is 0.478 e. The monoisotopic (exact) mass is 246 g/mol. The molecule has 0 aliphatic carbocycles. The van der Waals surface area contributed by atoms with E-state index >= 15 is 0 Å². The SMILES string of the molecule is CCC(=O)O/C(O)=C(/OC(=O)CC)C(O)CC. The number of hydrogen-bond acceptors (Lipinski definition) is 6. The van der Waals surface area contributed by atoms with Gasteiger partial charge in [0.1, 0.15) is 6.10 Å². The Balaban J connectivity index is 4.92. The minimum absolute atomic E-state index is 0.0568. The maximum Gasteiger partial charge on any atom is 0.327 e. The van der Waals surface area contributed by atoms with E-state index in [1.165, 1.54) is 0 Å². The number of esters is 2. The van der Waals surface area contributed by atoms with Crippen LogP contribution in [0.15, 0.2) is 11.7 Å². The molecular formula is C11H18O6. The molecule has 0 fully saturated rings. The molecule has 0 heterocycles. The van der Waals surface area contributed by atoms with E-state index in [0.29, 0.717) is 0 Å². The van der Waals surface area contributed by atoms with Gasteiger partial charge in [-0.1, -0.05) is 20.8 Å². The van der Waals surface area contributed by atoms with Crippen molar-refractivity contribution in [3.8, 4) is 0 Å². The highest BCUT2D eigenvalue weighted by Gasteiger charge is 2.22. The molecule has 98 valence electrons. The van der Waals surface area contributed by atoms with Gasteiger partial charge in [-0.3, -0.25) is 9.59 Å². The summed E-state index contributed by atoms with van der Waals surface area (Å²) in [5.41, 5.74) is 0. The number of aliphatic hydroxyl groups excluding tert-OH is 2. The van der Waals surface area contributed by atoms with E-state index in [4.69, 9.17) is 4.74 Å². The first kappa shape index (κ1) is 15.4. The van der Waals surface area contributed by atoms with E-state index in [9.17, 15) is 19.8 Å². The van der Waals surface area contributed by atoms with Crippen LogP contribution in [0, 0.1) is 0 Å². The first-order valence-electron chi connectivity index (χ1n) is 5.48. The molecule has 0 aromatic carbocycles. The Morgan fingerprint density at radius 2 is 1.53 bits per heavy atom. The molecule has 0 saturated heterocycles. The van der Waals surface area contributed by atoms with Crippen LogP contribution in [0.3, 0.4) is 0 Å². The van der Waals surface area contributed by atoms with E-state index in [1.807, 2.05) is 0 Å². The Morgan fingerprint density at radius 1 is 1.06 bits per heavy atom. The predicted octanol–water partition coefficient (Wildman–Crippen LogP) is 1.39.